The molecule has 0 amide bonds. The van der Waals surface area contributed by atoms with Gasteiger partial charge in [0.2, 0.25) is 0 Å². The monoisotopic (exact) mass is 447 g/mol. The fraction of sp³-hybridized carbons (Fsp3) is 0.0476. The first kappa shape index (κ1) is 20.5. The summed E-state index contributed by atoms with van der Waals surface area (Å²) in [4.78, 5) is 0. The summed E-state index contributed by atoms with van der Waals surface area (Å²) in [5.41, 5.74) is 5.61. The molecule has 7 heteroatoms. The van der Waals surface area contributed by atoms with E-state index in [2.05, 4.69) is 16.6 Å². The van der Waals surface area contributed by atoms with Gasteiger partial charge in [-0.05, 0) is 35.4 Å². The molecule has 0 fully saturated rings. The maximum atomic E-state index is 9.70. The minimum absolute atomic E-state index is 0.350. The molecule has 0 saturated carbocycles. The number of hydrogen-bond acceptors (Lipinski definition) is 3. The summed E-state index contributed by atoms with van der Waals surface area (Å²) in [6.45, 7) is 0. The minimum Gasteiger partial charge on any atom is -0.278 e. The van der Waals surface area contributed by atoms with Gasteiger partial charge in [0.05, 0.1) is 33.9 Å². The molecule has 3 aromatic rings. The average Bonchev–Trinajstić information content (AvgIpc) is 2.68. The van der Waals surface area contributed by atoms with Crippen molar-refractivity contribution in [3.05, 3.63) is 97.4 Å². The van der Waals surface area contributed by atoms with Crippen LogP contribution < -0.4 is 5.43 Å². The van der Waals surface area contributed by atoms with Crippen molar-refractivity contribution in [2.75, 3.05) is 5.43 Å². The maximum Gasteiger partial charge on any atom is 0.0992 e. The molecule has 3 rings (SSSR count). The molecule has 3 nitrogen and oxygen atoms in total. The third-order valence-electron chi connectivity index (χ3n) is 3.98. The van der Waals surface area contributed by atoms with E-state index in [0.29, 0.717) is 36.9 Å². The molecule has 0 radical (unpaired) electrons. The fourth-order valence-corrected chi connectivity index (χ4v) is 3.65. The summed E-state index contributed by atoms with van der Waals surface area (Å²) < 4.78 is 0. The van der Waals surface area contributed by atoms with E-state index in [1.165, 1.54) is 0 Å². The number of nitriles is 1. The van der Waals surface area contributed by atoms with E-state index in [0.717, 1.165) is 5.56 Å². The number of benzene rings is 3. The number of halogens is 4. The Morgan fingerprint density at radius 3 is 2.14 bits per heavy atom. The van der Waals surface area contributed by atoms with Gasteiger partial charge >= 0.3 is 0 Å². The molecular weight excluding hydrogens is 436 g/mol. The Labute approximate surface area is 183 Å². The van der Waals surface area contributed by atoms with Crippen molar-refractivity contribution in [3.63, 3.8) is 0 Å². The van der Waals surface area contributed by atoms with Gasteiger partial charge in [-0.2, -0.15) is 10.4 Å². The lowest BCUT2D eigenvalue weighted by Gasteiger charge is -2.15. The van der Waals surface area contributed by atoms with E-state index < -0.39 is 5.92 Å². The van der Waals surface area contributed by atoms with E-state index >= 15 is 0 Å². The molecule has 0 bridgehead atoms. The number of hydrogen-bond donors (Lipinski definition) is 1. The summed E-state index contributed by atoms with van der Waals surface area (Å²) in [5.74, 6) is -0.684. The lowest BCUT2D eigenvalue weighted by Crippen LogP contribution is -2.02. The van der Waals surface area contributed by atoms with Crippen molar-refractivity contribution in [2.24, 2.45) is 5.10 Å². The van der Waals surface area contributed by atoms with E-state index in [-0.39, 0.29) is 0 Å². The zero-order chi connectivity index (χ0) is 20.1. The summed E-state index contributed by atoms with van der Waals surface area (Å²) in [5, 5.41) is 15.3. The molecule has 0 heterocycles. The van der Waals surface area contributed by atoms with Gasteiger partial charge in [0, 0.05) is 15.6 Å². The van der Waals surface area contributed by atoms with Crippen LogP contribution in [-0.4, -0.2) is 6.21 Å². The van der Waals surface area contributed by atoms with Crippen LogP contribution in [0.1, 0.15) is 22.6 Å². The van der Waals surface area contributed by atoms with E-state index in [4.69, 9.17) is 46.4 Å². The highest BCUT2D eigenvalue weighted by Crippen LogP contribution is 2.39. The molecule has 0 aliphatic rings. The molecule has 0 saturated heterocycles. The molecule has 1 unspecified atom stereocenters. The second-order valence-electron chi connectivity index (χ2n) is 5.87. The van der Waals surface area contributed by atoms with Gasteiger partial charge in [0.25, 0.3) is 0 Å². The fourth-order valence-electron chi connectivity index (χ4n) is 2.64. The Hall–Kier alpha value is -2.22. The lowest BCUT2D eigenvalue weighted by atomic mass is 9.92. The van der Waals surface area contributed by atoms with Gasteiger partial charge < -0.3 is 0 Å². The molecule has 0 aliphatic heterocycles. The SMILES string of the molecule is N#CC(c1ccc(Cl)c(Cl)c1)c1c(Cl)cc(N/N=C/c2ccccc2)cc1Cl. The van der Waals surface area contributed by atoms with Gasteiger partial charge in [-0.1, -0.05) is 82.8 Å². The molecule has 0 aliphatic carbocycles. The minimum atomic E-state index is -0.684. The summed E-state index contributed by atoms with van der Waals surface area (Å²) in [7, 11) is 0. The van der Waals surface area contributed by atoms with Crippen molar-refractivity contribution in [1.82, 2.24) is 0 Å². The summed E-state index contributed by atoms with van der Waals surface area (Å²) in [6.07, 6.45) is 1.68. The zero-order valence-electron chi connectivity index (χ0n) is 14.3. The number of hydrazone groups is 1. The van der Waals surface area contributed by atoms with Crippen LogP contribution in [0.25, 0.3) is 0 Å². The highest BCUT2D eigenvalue weighted by molar-refractivity contribution is 6.42. The second-order valence-corrected chi connectivity index (χ2v) is 7.50. The first-order chi connectivity index (χ1) is 13.5. The van der Waals surface area contributed by atoms with Crippen molar-refractivity contribution in [2.45, 2.75) is 5.92 Å². The Morgan fingerprint density at radius 1 is 0.857 bits per heavy atom. The normalized spacial score (nSPS) is 12.0. The van der Waals surface area contributed by atoms with E-state index in [9.17, 15) is 5.26 Å². The number of nitrogens with one attached hydrogen (secondary N) is 1. The Balaban J connectivity index is 1.87. The molecule has 0 aromatic heterocycles. The summed E-state index contributed by atoms with van der Waals surface area (Å²) in [6, 6.07) is 20.2. The van der Waals surface area contributed by atoms with Gasteiger partial charge in [0.1, 0.15) is 0 Å². The highest BCUT2D eigenvalue weighted by atomic mass is 35.5. The van der Waals surface area contributed by atoms with Gasteiger partial charge in [-0.25, -0.2) is 0 Å². The van der Waals surface area contributed by atoms with Crippen molar-refractivity contribution >= 4 is 58.3 Å². The van der Waals surface area contributed by atoms with Crippen LogP contribution in [0.5, 0.6) is 0 Å². The smallest absolute Gasteiger partial charge is 0.0992 e. The van der Waals surface area contributed by atoms with Crippen LogP contribution in [0.2, 0.25) is 20.1 Å². The first-order valence-corrected chi connectivity index (χ1v) is 9.68. The van der Waals surface area contributed by atoms with Gasteiger partial charge in [-0.3, -0.25) is 5.43 Å². The van der Waals surface area contributed by atoms with Gasteiger partial charge in [0.15, 0.2) is 0 Å². The zero-order valence-corrected chi connectivity index (χ0v) is 17.4. The van der Waals surface area contributed by atoms with Gasteiger partial charge in [-0.15, -0.1) is 0 Å². The van der Waals surface area contributed by atoms with Crippen molar-refractivity contribution < 1.29 is 0 Å². The molecule has 140 valence electrons. The topological polar surface area (TPSA) is 48.2 Å². The van der Waals surface area contributed by atoms with Crippen LogP contribution in [0.4, 0.5) is 5.69 Å². The Bertz CT molecular complexity index is 1040. The first-order valence-electron chi connectivity index (χ1n) is 8.17. The van der Waals surface area contributed by atoms with E-state index in [1.54, 1.807) is 36.5 Å². The van der Waals surface area contributed by atoms with Crippen LogP contribution >= 0.6 is 46.4 Å². The van der Waals surface area contributed by atoms with E-state index in [1.807, 2.05) is 30.3 Å². The van der Waals surface area contributed by atoms with Crippen LogP contribution in [0.15, 0.2) is 65.8 Å². The molecule has 1 N–H and O–H groups in total. The van der Waals surface area contributed by atoms with Crippen LogP contribution in [0.3, 0.4) is 0 Å². The maximum absolute atomic E-state index is 9.70. The predicted molar refractivity (Wildman–Crippen MR) is 118 cm³/mol. The quantitative estimate of drug-likeness (QED) is 0.326. The number of rotatable bonds is 5. The third kappa shape index (κ3) is 4.79. The third-order valence-corrected chi connectivity index (χ3v) is 5.35. The average molecular weight is 449 g/mol. The standard InChI is InChI=1S/C21H13Cl4N3/c22-17-7-6-14(8-18(17)23)16(11-26)21-19(24)9-15(10-20(21)25)28-27-12-13-4-2-1-3-5-13/h1-10,12,16,28H/b27-12+. The Kier molecular flexibility index (Phi) is 6.83. The molecule has 28 heavy (non-hydrogen) atoms. The van der Waals surface area contributed by atoms with Crippen molar-refractivity contribution in [1.29, 1.82) is 5.26 Å². The largest absolute Gasteiger partial charge is 0.278 e. The lowest BCUT2D eigenvalue weighted by molar-refractivity contribution is 1.04. The molecule has 0 spiro atoms. The molecular formula is C21H13Cl4N3. The number of nitrogens with zero attached hydrogens (tertiary/aromatic N) is 2. The second kappa shape index (κ2) is 9.32. The van der Waals surface area contributed by atoms with Crippen LogP contribution in [0, 0.1) is 11.3 Å². The number of anilines is 1. The Morgan fingerprint density at radius 2 is 1.54 bits per heavy atom. The highest BCUT2D eigenvalue weighted by Gasteiger charge is 2.21. The molecule has 3 aromatic carbocycles. The molecule has 1 atom stereocenters. The van der Waals surface area contributed by atoms with Crippen LogP contribution in [-0.2, 0) is 0 Å². The predicted octanol–water partition coefficient (Wildman–Crippen LogP) is 7.40. The van der Waals surface area contributed by atoms with Crippen molar-refractivity contribution in [3.8, 4) is 6.07 Å². The summed E-state index contributed by atoms with van der Waals surface area (Å²) >= 11 is 24.9.